The van der Waals surface area contributed by atoms with Gasteiger partial charge in [-0.1, -0.05) is 12.2 Å². The third-order valence-electron chi connectivity index (χ3n) is 2.20. The first kappa shape index (κ1) is 11.9. The van der Waals surface area contributed by atoms with E-state index in [1.165, 1.54) is 6.08 Å². The van der Waals surface area contributed by atoms with Gasteiger partial charge in [0.25, 0.3) is 0 Å². The first-order chi connectivity index (χ1) is 6.98. The molecule has 0 saturated carbocycles. The third-order valence-corrected chi connectivity index (χ3v) is 2.73. The second kappa shape index (κ2) is 4.16. The molecule has 5 heteroatoms. The summed E-state index contributed by atoms with van der Waals surface area (Å²) >= 11 is 5.69. The predicted octanol–water partition coefficient (Wildman–Crippen LogP) is 0.583. The van der Waals surface area contributed by atoms with E-state index in [4.69, 9.17) is 11.6 Å². The first-order valence-corrected chi connectivity index (χ1v) is 4.75. The van der Waals surface area contributed by atoms with Gasteiger partial charge in [-0.15, -0.1) is 11.6 Å². The van der Waals surface area contributed by atoms with E-state index in [1.54, 1.807) is 13.0 Å². The van der Waals surface area contributed by atoms with Crippen molar-refractivity contribution in [1.29, 1.82) is 0 Å². The lowest BCUT2D eigenvalue weighted by Gasteiger charge is -2.24. The number of alkyl halides is 1. The summed E-state index contributed by atoms with van der Waals surface area (Å²) in [5, 5.41) is 8.72. The van der Waals surface area contributed by atoms with E-state index in [0.29, 0.717) is 0 Å². The largest absolute Gasteiger partial charge is 0.467 e. The number of hydrogen-bond acceptors (Lipinski definition) is 4. The van der Waals surface area contributed by atoms with Crippen LogP contribution in [0.25, 0.3) is 0 Å². The highest BCUT2D eigenvalue weighted by Crippen LogP contribution is 2.34. The van der Waals surface area contributed by atoms with Crippen molar-refractivity contribution in [3.05, 3.63) is 23.8 Å². The molecule has 0 aromatic heterocycles. The Bertz CT molecular complexity index is 358. The van der Waals surface area contributed by atoms with Crippen molar-refractivity contribution in [1.82, 2.24) is 0 Å². The van der Waals surface area contributed by atoms with Gasteiger partial charge < -0.3 is 9.84 Å². The summed E-state index contributed by atoms with van der Waals surface area (Å²) in [6.45, 7) is 1.70. The minimum Gasteiger partial charge on any atom is -0.467 e. The number of rotatable bonds is 2. The monoisotopic (exact) mass is 230 g/mol. The van der Waals surface area contributed by atoms with Gasteiger partial charge in [-0.3, -0.25) is 4.79 Å². The molecule has 1 aliphatic carbocycles. The molecule has 0 saturated heterocycles. The molecule has 1 rings (SSSR count). The molecule has 0 aromatic carbocycles. The van der Waals surface area contributed by atoms with Crippen LogP contribution >= 0.6 is 11.6 Å². The number of ketones is 1. The molecule has 0 fully saturated rings. The van der Waals surface area contributed by atoms with Crippen molar-refractivity contribution in [2.24, 2.45) is 0 Å². The summed E-state index contributed by atoms with van der Waals surface area (Å²) in [6.07, 6.45) is 4.20. The Morgan fingerprint density at radius 1 is 1.73 bits per heavy atom. The van der Waals surface area contributed by atoms with Crippen molar-refractivity contribution in [2.45, 2.75) is 17.9 Å². The number of ether oxygens (including phenoxy) is 1. The van der Waals surface area contributed by atoms with E-state index < -0.39 is 22.7 Å². The summed E-state index contributed by atoms with van der Waals surface area (Å²) < 4.78 is 4.43. The van der Waals surface area contributed by atoms with Gasteiger partial charge in [-0.05, 0) is 13.0 Å². The molecule has 4 nitrogen and oxygen atoms in total. The number of carbonyl (C=O) groups is 2. The lowest BCUT2D eigenvalue weighted by molar-refractivity contribution is -0.158. The Kier molecular flexibility index (Phi) is 3.31. The van der Waals surface area contributed by atoms with Gasteiger partial charge in [-0.2, -0.15) is 0 Å². The minimum absolute atomic E-state index is 0.154. The first-order valence-electron chi connectivity index (χ1n) is 4.32. The van der Waals surface area contributed by atoms with Gasteiger partial charge in [0.2, 0.25) is 5.60 Å². The molecule has 1 aliphatic rings. The van der Waals surface area contributed by atoms with Gasteiger partial charge in [0.15, 0.2) is 5.78 Å². The number of methoxy groups -OCH3 is 1. The quantitative estimate of drug-likeness (QED) is 0.557. The van der Waals surface area contributed by atoms with Crippen LogP contribution in [-0.2, 0) is 14.3 Å². The zero-order valence-electron chi connectivity index (χ0n) is 8.36. The van der Waals surface area contributed by atoms with Crippen LogP contribution in [0, 0.1) is 0 Å². The van der Waals surface area contributed by atoms with Crippen LogP contribution in [0.1, 0.15) is 6.92 Å². The lowest BCUT2D eigenvalue weighted by atomic mass is 9.95. The molecule has 0 heterocycles. The summed E-state index contributed by atoms with van der Waals surface area (Å²) in [5.74, 6) is -1.43. The Balaban J connectivity index is 3.20. The number of halogens is 1. The van der Waals surface area contributed by atoms with E-state index in [1.807, 2.05) is 0 Å². The summed E-state index contributed by atoms with van der Waals surface area (Å²) in [5.41, 5.74) is -1.92. The van der Waals surface area contributed by atoms with Crippen LogP contribution in [0.5, 0.6) is 0 Å². The standard InChI is InChI=1S/C10H11ClO4/c1-3-4-6-5-7(12)8(11)10(6,14)9(13)15-2/h3-5,8,14H,1-2H3/b4-3+/t8-,10-/m1/s1. The fourth-order valence-electron chi connectivity index (χ4n) is 1.42. The molecule has 0 aromatic rings. The molecule has 1 N–H and O–H groups in total. The lowest BCUT2D eigenvalue weighted by Crippen LogP contribution is -2.48. The number of carbonyl (C=O) groups excluding carboxylic acids is 2. The third kappa shape index (κ3) is 1.70. The maximum absolute atomic E-state index is 11.4. The van der Waals surface area contributed by atoms with Gasteiger partial charge in [0, 0.05) is 5.57 Å². The van der Waals surface area contributed by atoms with Crippen molar-refractivity contribution in [2.75, 3.05) is 7.11 Å². The maximum Gasteiger partial charge on any atom is 0.344 e. The van der Waals surface area contributed by atoms with Gasteiger partial charge in [-0.25, -0.2) is 4.79 Å². The highest BCUT2D eigenvalue weighted by Gasteiger charge is 2.53. The van der Waals surface area contributed by atoms with E-state index in [9.17, 15) is 14.7 Å². The van der Waals surface area contributed by atoms with E-state index >= 15 is 0 Å². The summed E-state index contributed by atoms with van der Waals surface area (Å²) in [6, 6.07) is 0. The molecule has 0 unspecified atom stereocenters. The van der Waals surface area contributed by atoms with Gasteiger partial charge >= 0.3 is 5.97 Å². The molecule has 2 atom stereocenters. The number of allylic oxidation sites excluding steroid dienone is 2. The van der Waals surface area contributed by atoms with Gasteiger partial charge in [0.05, 0.1) is 7.11 Å². The minimum atomic E-state index is -2.07. The van der Waals surface area contributed by atoms with Crippen molar-refractivity contribution in [3.63, 3.8) is 0 Å². The van der Waals surface area contributed by atoms with Crippen molar-refractivity contribution < 1.29 is 19.4 Å². The van der Waals surface area contributed by atoms with Crippen LogP contribution in [0.2, 0.25) is 0 Å². The SMILES string of the molecule is C/C=C/C1=CC(=O)[C@@H](Cl)[C@@]1(O)C(=O)OC. The molecule has 0 amide bonds. The van der Waals surface area contributed by atoms with Crippen LogP contribution in [0.3, 0.4) is 0 Å². The number of esters is 1. The highest BCUT2D eigenvalue weighted by atomic mass is 35.5. The predicted molar refractivity (Wildman–Crippen MR) is 54.5 cm³/mol. The Labute approximate surface area is 92.2 Å². The van der Waals surface area contributed by atoms with E-state index in [0.717, 1.165) is 13.2 Å². The smallest absolute Gasteiger partial charge is 0.344 e. The van der Waals surface area contributed by atoms with Crippen LogP contribution < -0.4 is 0 Å². The molecule has 0 bridgehead atoms. The fraction of sp³-hybridized carbons (Fsp3) is 0.400. The highest BCUT2D eigenvalue weighted by molar-refractivity contribution is 6.37. The van der Waals surface area contributed by atoms with Crippen molar-refractivity contribution in [3.8, 4) is 0 Å². The zero-order valence-corrected chi connectivity index (χ0v) is 9.12. The Morgan fingerprint density at radius 2 is 2.33 bits per heavy atom. The van der Waals surface area contributed by atoms with E-state index in [-0.39, 0.29) is 5.57 Å². The summed E-state index contributed by atoms with van der Waals surface area (Å²) in [7, 11) is 1.12. The topological polar surface area (TPSA) is 63.6 Å². The van der Waals surface area contributed by atoms with Crippen LogP contribution in [-0.4, -0.2) is 34.9 Å². The van der Waals surface area contributed by atoms with E-state index in [2.05, 4.69) is 4.74 Å². The molecule has 0 spiro atoms. The molecular weight excluding hydrogens is 220 g/mol. The Hall–Kier alpha value is -1.13. The molecular formula is C10H11ClO4. The number of aliphatic hydroxyl groups is 1. The fourth-order valence-corrected chi connectivity index (χ4v) is 1.70. The second-order valence-electron chi connectivity index (χ2n) is 3.12. The molecule has 0 aliphatic heterocycles. The zero-order chi connectivity index (χ0) is 11.6. The molecule has 0 radical (unpaired) electrons. The van der Waals surface area contributed by atoms with Crippen LogP contribution in [0.4, 0.5) is 0 Å². The average molecular weight is 231 g/mol. The average Bonchev–Trinajstić information content (AvgIpc) is 2.44. The normalized spacial score (nSPS) is 30.8. The number of hydrogen-bond donors (Lipinski definition) is 1. The maximum atomic E-state index is 11.4. The Morgan fingerprint density at radius 3 is 2.80 bits per heavy atom. The summed E-state index contributed by atoms with van der Waals surface area (Å²) in [4.78, 5) is 22.7. The van der Waals surface area contributed by atoms with Gasteiger partial charge in [0.1, 0.15) is 5.38 Å². The molecule has 15 heavy (non-hydrogen) atoms. The van der Waals surface area contributed by atoms with Crippen molar-refractivity contribution >= 4 is 23.4 Å². The molecule has 82 valence electrons. The second-order valence-corrected chi connectivity index (χ2v) is 3.56. The van der Waals surface area contributed by atoms with Crippen LogP contribution in [0.15, 0.2) is 23.8 Å².